The molecule has 0 aliphatic rings. The fraction of sp³-hybridized carbons (Fsp3) is 0.625. The molecule has 0 aliphatic heterocycles. The van der Waals surface area contributed by atoms with E-state index in [1.165, 1.54) is 49.0 Å². The van der Waals surface area contributed by atoms with Crippen LogP contribution in [0, 0.1) is 11.8 Å². The van der Waals surface area contributed by atoms with Crippen molar-refractivity contribution in [1.82, 2.24) is 0 Å². The summed E-state index contributed by atoms with van der Waals surface area (Å²) in [5.41, 5.74) is 2.27. The molecule has 202 valence electrons. The molecule has 2 unspecified atom stereocenters. The van der Waals surface area contributed by atoms with Crippen molar-refractivity contribution in [3.8, 4) is 22.6 Å². The van der Waals surface area contributed by atoms with Crippen LogP contribution < -0.4 is 9.47 Å². The number of thioether (sulfide) groups is 1. The van der Waals surface area contributed by atoms with Crippen molar-refractivity contribution in [3.05, 3.63) is 40.9 Å². The number of benzene rings is 2. The lowest BCUT2D eigenvalue weighted by Crippen LogP contribution is -2.13. The Morgan fingerprint density at radius 3 is 1.78 bits per heavy atom. The van der Waals surface area contributed by atoms with Gasteiger partial charge in [-0.25, -0.2) is 0 Å². The molecular formula is C32H49BrO2S. The SMILES string of the molecule is CCCCC(CC)COc1cc(-c2ccc(SC(C)(C)C)cc2)c(OCC(CC)CCCC)cc1Br. The first-order chi connectivity index (χ1) is 17.2. The Hall–Kier alpha value is -1.13. The Labute approximate surface area is 234 Å². The molecule has 2 rings (SSSR count). The summed E-state index contributed by atoms with van der Waals surface area (Å²) >= 11 is 5.68. The molecule has 2 nitrogen and oxygen atoms in total. The molecule has 2 aromatic carbocycles. The minimum atomic E-state index is 0.190. The zero-order chi connectivity index (χ0) is 26.6. The zero-order valence-electron chi connectivity index (χ0n) is 23.8. The Morgan fingerprint density at radius 2 is 1.31 bits per heavy atom. The van der Waals surface area contributed by atoms with Crippen LogP contribution in [0.25, 0.3) is 11.1 Å². The molecule has 0 saturated heterocycles. The van der Waals surface area contributed by atoms with Crippen molar-refractivity contribution in [2.75, 3.05) is 13.2 Å². The molecule has 0 N–H and O–H groups in total. The summed E-state index contributed by atoms with van der Waals surface area (Å²) in [7, 11) is 0. The van der Waals surface area contributed by atoms with Crippen LogP contribution in [0.5, 0.6) is 11.5 Å². The summed E-state index contributed by atoms with van der Waals surface area (Å²) in [6.45, 7) is 17.3. The molecule has 0 spiro atoms. The van der Waals surface area contributed by atoms with Gasteiger partial charge in [-0.3, -0.25) is 0 Å². The number of hydrogen-bond donors (Lipinski definition) is 0. The average molecular weight is 578 g/mol. The van der Waals surface area contributed by atoms with Crippen LogP contribution in [0.3, 0.4) is 0 Å². The highest BCUT2D eigenvalue weighted by atomic mass is 79.9. The highest BCUT2D eigenvalue weighted by Crippen LogP contribution is 2.41. The number of rotatable bonds is 16. The molecule has 0 aliphatic carbocycles. The maximum Gasteiger partial charge on any atom is 0.134 e. The predicted molar refractivity (Wildman–Crippen MR) is 163 cm³/mol. The van der Waals surface area contributed by atoms with Crippen molar-refractivity contribution in [1.29, 1.82) is 0 Å². The van der Waals surface area contributed by atoms with E-state index >= 15 is 0 Å². The average Bonchev–Trinajstić information content (AvgIpc) is 2.84. The summed E-state index contributed by atoms with van der Waals surface area (Å²) in [6.07, 6.45) is 9.72. The normalized spacial score (nSPS) is 13.4. The Kier molecular flexibility index (Phi) is 13.8. The third-order valence-corrected chi connectivity index (χ3v) is 8.40. The zero-order valence-corrected chi connectivity index (χ0v) is 26.2. The molecule has 0 saturated carbocycles. The summed E-state index contributed by atoms with van der Waals surface area (Å²) in [4.78, 5) is 1.29. The van der Waals surface area contributed by atoms with Crippen LogP contribution >= 0.6 is 27.7 Å². The molecule has 0 radical (unpaired) electrons. The molecule has 4 heteroatoms. The fourth-order valence-electron chi connectivity index (χ4n) is 4.26. The van der Waals surface area contributed by atoms with E-state index in [4.69, 9.17) is 9.47 Å². The maximum absolute atomic E-state index is 6.50. The topological polar surface area (TPSA) is 18.5 Å². The van der Waals surface area contributed by atoms with Crippen molar-refractivity contribution < 1.29 is 9.47 Å². The van der Waals surface area contributed by atoms with Gasteiger partial charge in [-0.2, -0.15) is 0 Å². The Morgan fingerprint density at radius 1 is 0.778 bits per heavy atom. The second kappa shape index (κ2) is 16.0. The van der Waals surface area contributed by atoms with E-state index in [0.29, 0.717) is 11.8 Å². The van der Waals surface area contributed by atoms with Crippen LogP contribution in [-0.2, 0) is 0 Å². The van der Waals surface area contributed by atoms with Crippen LogP contribution in [0.4, 0.5) is 0 Å². The minimum absolute atomic E-state index is 0.190. The van der Waals surface area contributed by atoms with E-state index < -0.39 is 0 Å². The molecule has 0 heterocycles. The first-order valence-electron chi connectivity index (χ1n) is 14.1. The van der Waals surface area contributed by atoms with Gasteiger partial charge < -0.3 is 9.47 Å². The number of unbranched alkanes of at least 4 members (excludes halogenated alkanes) is 2. The lowest BCUT2D eigenvalue weighted by atomic mass is 10.00. The first kappa shape index (κ1) is 31.1. The third kappa shape index (κ3) is 10.7. The highest BCUT2D eigenvalue weighted by Gasteiger charge is 2.17. The summed E-state index contributed by atoms with van der Waals surface area (Å²) in [5, 5.41) is 0. The molecule has 0 aromatic heterocycles. The Balaban J connectivity index is 2.32. The lowest BCUT2D eigenvalue weighted by molar-refractivity contribution is 0.227. The quantitative estimate of drug-likeness (QED) is 0.185. The van der Waals surface area contributed by atoms with Crippen molar-refractivity contribution in [2.24, 2.45) is 11.8 Å². The van der Waals surface area contributed by atoms with Gasteiger partial charge >= 0.3 is 0 Å². The smallest absolute Gasteiger partial charge is 0.134 e. The summed E-state index contributed by atoms with van der Waals surface area (Å²) < 4.78 is 14.0. The molecule has 0 fully saturated rings. The molecule has 0 amide bonds. The van der Waals surface area contributed by atoms with E-state index in [2.05, 4.69) is 101 Å². The molecule has 2 atom stereocenters. The van der Waals surface area contributed by atoms with Gasteiger partial charge in [0.2, 0.25) is 0 Å². The maximum atomic E-state index is 6.50. The van der Waals surface area contributed by atoms with Gasteiger partial charge in [-0.1, -0.05) is 99.1 Å². The summed E-state index contributed by atoms with van der Waals surface area (Å²) in [5.74, 6) is 3.01. The Bertz CT molecular complexity index is 888. The number of hydrogen-bond acceptors (Lipinski definition) is 3. The standard InChI is InChI=1S/C32H49BrO2S/c1-8-12-14-24(10-3)22-34-30-21-29(33)31(35-23-25(11-4)15-13-9-2)20-28(30)26-16-18-27(19-17-26)36-32(5,6)7/h16-21,24-25H,8-15,22-23H2,1-7H3. The molecule has 0 bridgehead atoms. The van der Waals surface area contributed by atoms with E-state index in [-0.39, 0.29) is 4.75 Å². The first-order valence-corrected chi connectivity index (χ1v) is 15.7. The van der Waals surface area contributed by atoms with Crippen LogP contribution in [0.15, 0.2) is 45.8 Å². The van der Waals surface area contributed by atoms with E-state index in [0.717, 1.165) is 47.6 Å². The van der Waals surface area contributed by atoms with Gasteiger partial charge in [0.1, 0.15) is 11.5 Å². The summed E-state index contributed by atoms with van der Waals surface area (Å²) in [6, 6.07) is 13.2. The van der Waals surface area contributed by atoms with Crippen LogP contribution in [0.1, 0.15) is 99.8 Å². The van der Waals surface area contributed by atoms with Gasteiger partial charge in [0.05, 0.1) is 17.7 Å². The largest absolute Gasteiger partial charge is 0.493 e. The number of halogens is 1. The van der Waals surface area contributed by atoms with Crippen LogP contribution in [0.2, 0.25) is 0 Å². The van der Waals surface area contributed by atoms with E-state index in [9.17, 15) is 0 Å². The molecule has 2 aromatic rings. The minimum Gasteiger partial charge on any atom is -0.493 e. The van der Waals surface area contributed by atoms with Crippen molar-refractivity contribution in [3.63, 3.8) is 0 Å². The van der Waals surface area contributed by atoms with Gasteiger partial charge in [-0.15, -0.1) is 11.8 Å². The molecular weight excluding hydrogens is 528 g/mol. The van der Waals surface area contributed by atoms with Crippen molar-refractivity contribution >= 4 is 27.7 Å². The highest BCUT2D eigenvalue weighted by molar-refractivity contribution is 9.10. The lowest BCUT2D eigenvalue weighted by Gasteiger charge is -2.21. The second-order valence-electron chi connectivity index (χ2n) is 11.0. The van der Waals surface area contributed by atoms with E-state index in [1.807, 2.05) is 11.8 Å². The van der Waals surface area contributed by atoms with Gasteiger partial charge in [0.25, 0.3) is 0 Å². The monoisotopic (exact) mass is 576 g/mol. The van der Waals surface area contributed by atoms with Gasteiger partial charge in [0, 0.05) is 15.2 Å². The van der Waals surface area contributed by atoms with E-state index in [1.54, 1.807) is 0 Å². The van der Waals surface area contributed by atoms with Gasteiger partial charge in [0.15, 0.2) is 0 Å². The third-order valence-electron chi connectivity index (χ3n) is 6.66. The number of ether oxygens (including phenoxy) is 2. The second-order valence-corrected chi connectivity index (χ2v) is 13.7. The van der Waals surface area contributed by atoms with Crippen molar-refractivity contribution in [2.45, 2.75) is 109 Å². The van der Waals surface area contributed by atoms with Gasteiger partial charge in [-0.05, 0) is 70.4 Å². The predicted octanol–water partition coefficient (Wildman–Crippen LogP) is 11.2. The van der Waals surface area contributed by atoms with Crippen LogP contribution in [-0.4, -0.2) is 18.0 Å². The fourth-order valence-corrected chi connectivity index (χ4v) is 5.67. The molecule has 36 heavy (non-hydrogen) atoms.